The largest absolute Gasteiger partial charge is 0.462 e. The van der Waals surface area contributed by atoms with E-state index < -0.39 is 0 Å². The predicted octanol–water partition coefficient (Wildman–Crippen LogP) is 5.78. The third-order valence-corrected chi connectivity index (χ3v) is 6.14. The zero-order valence-corrected chi connectivity index (χ0v) is 15.5. The zero-order valence-electron chi connectivity index (χ0n) is 15.5. The summed E-state index contributed by atoms with van der Waals surface area (Å²) in [4.78, 5) is 12.4. The van der Waals surface area contributed by atoms with E-state index >= 15 is 0 Å². The number of ether oxygens (including phenoxy) is 1. The Labute approximate surface area is 148 Å². The first-order valence-electron chi connectivity index (χ1n) is 10.3. The molecule has 0 N–H and O–H groups in total. The molecule has 0 radical (unpaired) electrons. The average Bonchev–Trinajstić information content (AvgIpc) is 2.62. The summed E-state index contributed by atoms with van der Waals surface area (Å²) >= 11 is 0. The molecule has 24 heavy (non-hydrogen) atoms. The number of unbranched alkanes of at least 4 members (excludes halogenated alkanes) is 2. The van der Waals surface area contributed by atoms with Crippen LogP contribution < -0.4 is 0 Å². The minimum Gasteiger partial charge on any atom is -0.462 e. The van der Waals surface area contributed by atoms with Crippen molar-refractivity contribution in [1.29, 1.82) is 5.26 Å². The second-order valence-corrected chi connectivity index (χ2v) is 7.99. The van der Waals surface area contributed by atoms with Crippen LogP contribution in [0.4, 0.5) is 0 Å². The lowest BCUT2D eigenvalue weighted by atomic mass is 9.79. The molecule has 2 fully saturated rings. The van der Waals surface area contributed by atoms with Crippen molar-refractivity contribution >= 4 is 5.97 Å². The van der Waals surface area contributed by atoms with E-state index in [9.17, 15) is 4.79 Å². The van der Waals surface area contributed by atoms with Gasteiger partial charge in [-0.15, -0.1) is 0 Å². The number of carbonyl (C=O) groups is 1. The van der Waals surface area contributed by atoms with Gasteiger partial charge in [0.1, 0.15) is 6.10 Å². The number of nitrogens with zero attached hydrogens (tertiary/aromatic N) is 1. The Kier molecular flexibility index (Phi) is 8.64. The highest BCUT2D eigenvalue weighted by Gasteiger charge is 2.30. The predicted molar refractivity (Wildman–Crippen MR) is 96.3 cm³/mol. The molecule has 0 unspecified atom stereocenters. The summed E-state index contributed by atoms with van der Waals surface area (Å²) < 4.78 is 5.81. The zero-order chi connectivity index (χ0) is 17.2. The number of esters is 1. The number of hydrogen-bond donors (Lipinski definition) is 0. The Morgan fingerprint density at radius 2 is 1.58 bits per heavy atom. The molecule has 0 spiro atoms. The van der Waals surface area contributed by atoms with Crippen LogP contribution in [-0.2, 0) is 9.53 Å². The molecular formula is C21H35NO2. The number of rotatable bonds is 8. The molecule has 0 aromatic heterocycles. The van der Waals surface area contributed by atoms with E-state index in [4.69, 9.17) is 10.00 Å². The van der Waals surface area contributed by atoms with Crippen molar-refractivity contribution in [3.05, 3.63) is 0 Å². The van der Waals surface area contributed by atoms with Gasteiger partial charge in [0.15, 0.2) is 0 Å². The van der Waals surface area contributed by atoms with Crippen LogP contribution in [0.15, 0.2) is 0 Å². The highest BCUT2D eigenvalue weighted by molar-refractivity contribution is 5.72. The van der Waals surface area contributed by atoms with E-state index in [1.165, 1.54) is 38.5 Å². The topological polar surface area (TPSA) is 50.1 Å². The molecule has 0 heterocycles. The van der Waals surface area contributed by atoms with Gasteiger partial charge in [-0.2, -0.15) is 5.26 Å². The van der Waals surface area contributed by atoms with Crippen LogP contribution >= 0.6 is 0 Å². The molecule has 0 amide bonds. The Hall–Kier alpha value is -1.04. The fourth-order valence-electron chi connectivity index (χ4n) is 4.44. The monoisotopic (exact) mass is 333 g/mol. The van der Waals surface area contributed by atoms with Crippen LogP contribution in [0.1, 0.15) is 96.8 Å². The van der Waals surface area contributed by atoms with Crippen LogP contribution in [0, 0.1) is 29.1 Å². The third kappa shape index (κ3) is 6.46. The fourth-order valence-corrected chi connectivity index (χ4v) is 4.44. The normalized spacial score (nSPS) is 30.5. The van der Waals surface area contributed by atoms with Gasteiger partial charge in [0.25, 0.3) is 0 Å². The summed E-state index contributed by atoms with van der Waals surface area (Å²) in [7, 11) is 0. The number of nitriles is 1. The Morgan fingerprint density at radius 3 is 2.21 bits per heavy atom. The highest BCUT2D eigenvalue weighted by atomic mass is 16.5. The van der Waals surface area contributed by atoms with Gasteiger partial charge < -0.3 is 4.74 Å². The van der Waals surface area contributed by atoms with Crippen LogP contribution in [0.5, 0.6) is 0 Å². The Morgan fingerprint density at radius 1 is 0.958 bits per heavy atom. The van der Waals surface area contributed by atoms with Crippen molar-refractivity contribution in [2.24, 2.45) is 17.8 Å². The summed E-state index contributed by atoms with van der Waals surface area (Å²) in [5.74, 6) is 1.74. The summed E-state index contributed by atoms with van der Waals surface area (Å²) in [6, 6.07) is 2.24. The molecule has 0 bridgehead atoms. The summed E-state index contributed by atoms with van der Waals surface area (Å²) in [6.45, 7) is 2.25. The van der Waals surface area contributed by atoms with Crippen molar-refractivity contribution in [3.63, 3.8) is 0 Å². The summed E-state index contributed by atoms with van der Waals surface area (Å²) in [5, 5.41) is 8.67. The van der Waals surface area contributed by atoms with Crippen molar-refractivity contribution < 1.29 is 9.53 Å². The Balaban J connectivity index is 1.61. The van der Waals surface area contributed by atoms with Gasteiger partial charge in [0, 0.05) is 6.42 Å². The van der Waals surface area contributed by atoms with Gasteiger partial charge in [-0.1, -0.05) is 32.6 Å². The first-order valence-corrected chi connectivity index (χ1v) is 10.3. The van der Waals surface area contributed by atoms with Gasteiger partial charge >= 0.3 is 5.97 Å². The lowest BCUT2D eigenvalue weighted by Gasteiger charge is -2.31. The van der Waals surface area contributed by atoms with E-state index in [2.05, 4.69) is 13.0 Å². The molecule has 3 nitrogen and oxygen atoms in total. The molecular weight excluding hydrogens is 298 g/mol. The van der Waals surface area contributed by atoms with Gasteiger partial charge in [-0.25, -0.2) is 0 Å². The fraction of sp³-hybridized carbons (Fsp3) is 0.905. The minimum atomic E-state index is 0.0717. The molecule has 2 rings (SSSR count). The molecule has 0 aromatic carbocycles. The molecule has 2 saturated carbocycles. The maximum absolute atomic E-state index is 12.4. The van der Waals surface area contributed by atoms with Crippen LogP contribution in [0.3, 0.4) is 0 Å². The number of hydrogen-bond acceptors (Lipinski definition) is 3. The average molecular weight is 334 g/mol. The minimum absolute atomic E-state index is 0.0717. The quantitative estimate of drug-likeness (QED) is 0.418. The van der Waals surface area contributed by atoms with E-state index in [1.807, 2.05) is 0 Å². The first kappa shape index (κ1) is 19.3. The van der Waals surface area contributed by atoms with Crippen molar-refractivity contribution in [2.45, 2.75) is 103 Å². The van der Waals surface area contributed by atoms with Gasteiger partial charge in [0.05, 0.1) is 12.0 Å². The van der Waals surface area contributed by atoms with E-state index in [0.717, 1.165) is 50.9 Å². The van der Waals surface area contributed by atoms with Gasteiger partial charge in [0.2, 0.25) is 0 Å². The van der Waals surface area contributed by atoms with Crippen LogP contribution in [0.2, 0.25) is 0 Å². The molecule has 0 atom stereocenters. The molecule has 0 aromatic rings. The van der Waals surface area contributed by atoms with E-state index in [1.54, 1.807) is 0 Å². The third-order valence-electron chi connectivity index (χ3n) is 6.14. The summed E-state index contributed by atoms with van der Waals surface area (Å²) in [6.07, 6.45) is 15.9. The molecule has 2 aliphatic carbocycles. The van der Waals surface area contributed by atoms with Crippen LogP contribution in [0.25, 0.3) is 0 Å². The van der Waals surface area contributed by atoms with Crippen molar-refractivity contribution in [3.8, 4) is 6.07 Å². The van der Waals surface area contributed by atoms with Gasteiger partial charge in [-0.3, -0.25) is 4.79 Å². The van der Waals surface area contributed by atoms with Crippen molar-refractivity contribution in [2.75, 3.05) is 0 Å². The van der Waals surface area contributed by atoms with Gasteiger partial charge in [-0.05, 0) is 69.6 Å². The summed E-state index contributed by atoms with van der Waals surface area (Å²) in [5.41, 5.74) is 0. The maximum atomic E-state index is 12.4. The standard InChI is InChI=1S/C21H35NO2/c1-2-3-4-6-17-8-12-19(13-9-17)21(23)24-20-14-10-18(11-15-20)7-5-16-22/h17-20H,2-15H2,1H3. The molecule has 0 aliphatic heterocycles. The number of carbonyl (C=O) groups excluding carboxylic acids is 1. The van der Waals surface area contributed by atoms with Crippen LogP contribution in [-0.4, -0.2) is 12.1 Å². The molecule has 3 heteroatoms. The molecule has 0 saturated heterocycles. The molecule has 136 valence electrons. The molecule has 2 aliphatic rings. The lowest BCUT2D eigenvalue weighted by molar-refractivity contribution is -0.157. The second kappa shape index (κ2) is 10.7. The lowest BCUT2D eigenvalue weighted by Crippen LogP contribution is -2.30. The first-order chi connectivity index (χ1) is 11.7. The highest BCUT2D eigenvalue weighted by Crippen LogP contribution is 2.34. The Bertz CT molecular complexity index is 399. The second-order valence-electron chi connectivity index (χ2n) is 7.99. The van der Waals surface area contributed by atoms with E-state index in [0.29, 0.717) is 12.3 Å². The van der Waals surface area contributed by atoms with E-state index in [-0.39, 0.29) is 18.0 Å². The maximum Gasteiger partial charge on any atom is 0.309 e. The SMILES string of the molecule is CCCCCC1CCC(C(=O)OC2CCC(CCC#N)CC2)CC1. The van der Waals surface area contributed by atoms with Crippen molar-refractivity contribution in [1.82, 2.24) is 0 Å². The smallest absolute Gasteiger partial charge is 0.309 e.